The highest BCUT2D eigenvalue weighted by molar-refractivity contribution is 8.00. The predicted octanol–water partition coefficient (Wildman–Crippen LogP) is -3.66. The third-order valence-electron chi connectivity index (χ3n) is 26.0. The van der Waals surface area contributed by atoms with Crippen molar-refractivity contribution in [2.75, 3.05) is 101 Å². The van der Waals surface area contributed by atoms with Crippen molar-refractivity contribution in [3.05, 3.63) is 102 Å². The highest BCUT2D eigenvalue weighted by Gasteiger charge is 2.47. The smallest absolute Gasteiger partial charge is 0.325 e. The van der Waals surface area contributed by atoms with E-state index in [-0.39, 0.29) is 76.1 Å². The number of phenolic OH excluding ortho intramolecular Hbond substituents is 1. The Morgan fingerprint density at radius 1 is 0.530 bits per heavy atom. The maximum absolute atomic E-state index is 16.3. The second-order valence-electron chi connectivity index (χ2n) is 38.8. The number of carbonyl (C=O) groups is 22. The van der Waals surface area contributed by atoms with Crippen molar-refractivity contribution in [1.29, 1.82) is 0 Å². The summed E-state index contributed by atoms with van der Waals surface area (Å²) in [6.45, 7) is 8.36. The molecule has 0 unspecified atom stereocenters. The van der Waals surface area contributed by atoms with E-state index < -0.39 is 296 Å². The summed E-state index contributed by atoms with van der Waals surface area (Å²) < 4.78 is 6.61. The number of hydrogen-bond donors (Lipinski definition) is 17. The number of phenols is 1. The molecule has 15 atom stereocenters. The number of nitrogens with one attached hydrogen (secondary N) is 13. The molecule has 3 aromatic carbocycles. The van der Waals surface area contributed by atoms with E-state index in [9.17, 15) is 63.0 Å². The third kappa shape index (κ3) is 33.9. The maximum atomic E-state index is 16.3. The third-order valence-corrected chi connectivity index (χ3v) is 27.0. The van der Waals surface area contributed by atoms with Crippen molar-refractivity contribution >= 4 is 164 Å². The number of aliphatic hydroxyl groups excluding tert-OH is 1. The number of hydrogen-bond acceptors (Lipinski definition) is 26. The number of likely N-dealkylation sites (N-methyl/N-ethyl adjacent to an activating group) is 5. The molecule has 5 heterocycles. The molecule has 5 aromatic rings. The summed E-state index contributed by atoms with van der Waals surface area (Å²) in [6, 6.07) is -4.23. The monoisotopic (exact) mass is 2100 g/mol. The van der Waals surface area contributed by atoms with Gasteiger partial charge in [-0.1, -0.05) is 116 Å². The first-order valence-corrected chi connectivity index (χ1v) is 50.8. The molecule has 0 radical (unpaired) electrons. The molecule has 48 nitrogen and oxygen atoms in total. The lowest BCUT2D eigenvalue weighted by atomic mass is 9.99. The van der Waals surface area contributed by atoms with E-state index in [1.807, 2.05) is 13.8 Å². The average molecular weight is 2100 g/mol. The maximum Gasteiger partial charge on any atom is 0.325 e. The molecule has 0 bridgehead atoms. The first kappa shape index (κ1) is 119. The van der Waals surface area contributed by atoms with Crippen LogP contribution in [0, 0.1) is 11.8 Å². The van der Waals surface area contributed by atoms with Gasteiger partial charge in [0.25, 0.3) is 0 Å². The lowest BCUT2D eigenvalue weighted by molar-refractivity contribution is -0.149. The number of amides is 21. The number of H-pyrrole nitrogens is 1. The number of primary amides is 2. The number of esters is 1. The Bertz CT molecular complexity index is 5690. The molecular weight excluding hydrogens is 1960 g/mol. The van der Waals surface area contributed by atoms with Gasteiger partial charge in [0.05, 0.1) is 31.9 Å². The number of carbonyl (C=O) groups excluding carboxylic acids is 22. The largest absolute Gasteiger partial charge is 0.508 e. The summed E-state index contributed by atoms with van der Waals surface area (Å²) in [7, 11) is 10.1. The van der Waals surface area contributed by atoms with Gasteiger partial charge in [0.2, 0.25) is 100 Å². The Balaban J connectivity index is 1.28. The van der Waals surface area contributed by atoms with Crippen molar-refractivity contribution in [3.63, 3.8) is 0 Å². The van der Waals surface area contributed by atoms with E-state index >= 15 is 52.7 Å². The van der Waals surface area contributed by atoms with E-state index in [2.05, 4.69) is 68.8 Å². The number of nitrogens with zero attached hydrogens (tertiary/aromatic N) is 8. The molecule has 21 amide bonds. The topological polar surface area (TPSA) is 665 Å². The number of aromatic nitrogens is 2. The van der Waals surface area contributed by atoms with Gasteiger partial charge in [-0.3, -0.25) is 105 Å². The summed E-state index contributed by atoms with van der Waals surface area (Å²) in [5, 5.41) is 54.0. The molecule has 8 rings (SSSR count). The minimum absolute atomic E-state index is 0.0419. The zero-order valence-corrected chi connectivity index (χ0v) is 87.6. The quantitative estimate of drug-likeness (QED) is 0.0170. The van der Waals surface area contributed by atoms with E-state index in [0.717, 1.165) is 46.1 Å². The van der Waals surface area contributed by atoms with Gasteiger partial charge >= 0.3 is 29.6 Å². The standard InChI is InChI=1S/C100H143N23O25S/c1-16-18-28-75-89(136)109-66(39-54(3)4)86(133)115-73(84(131)106-48-80(102)127)52-149-53-81(128)107-69(41-57-32-34-60(124)35-33-57)94(141)118(12)56(7)83(130)111-71(45-79(101)126)96(143)122-38-24-31-76(122)90(137)114-72(47-105-93(140)100(147)117(10)11)88(135)112-68(40-55(5)6)97(144)123-50-61(125)44-78(123)91(138)110-67(42-58-46-104-64-27-22-20-25-62(58)64)87(134)108-65(36-37-103-92(139)99(146)116(8)9)85(132)113-70(95(142)120(14)77(29-19-17-2)98(145)119(75)13)43-59-49-121(51-82(129)148-15)74-30-23-21-26-63(59)74/h20-23,25-27,30,32-35,46,49,54-56,61,65-73,75-78,104,124-125H,16-19,24,28-29,31,36-45,47-48,50-53H2,1-15H3,(H2,101,126)(H2,102,127)(H,103,139)(H,105,140)(H,106,131)(H,107,128)(H,108,134)(H,109,136)(H,110,138)(H,111,130)(H,112,135)(H,113,132)(H,114,137)(H,115,133)/t56-,61+,65-,66-,67-,68-,69-,70-,71-,72-,73-,75-,76-,77-,78-/m0/s1. The van der Waals surface area contributed by atoms with Crippen molar-refractivity contribution < 1.29 is 120 Å². The summed E-state index contributed by atoms with van der Waals surface area (Å²) in [5.74, 6) is -24.6. The van der Waals surface area contributed by atoms with Gasteiger partial charge < -0.3 is 134 Å². The molecule has 814 valence electrons. The fraction of sp³-hybridized carbons (Fsp3) is 0.560. The van der Waals surface area contributed by atoms with Gasteiger partial charge in [0, 0.05) is 141 Å². The number of fused-ring (bicyclic) bond motifs is 4. The second kappa shape index (κ2) is 56.4. The number of thioether (sulfide) groups is 1. The zero-order valence-electron chi connectivity index (χ0n) is 86.8. The van der Waals surface area contributed by atoms with Crippen molar-refractivity contribution in [3.8, 4) is 5.75 Å². The number of methoxy groups -OCH3 is 1. The molecule has 0 aliphatic carbocycles. The number of aromatic hydroxyl groups is 1. The lowest BCUT2D eigenvalue weighted by Gasteiger charge is -2.36. The van der Waals surface area contributed by atoms with Crippen LogP contribution in [0.2, 0.25) is 0 Å². The summed E-state index contributed by atoms with van der Waals surface area (Å²) in [4.78, 5) is 331. The van der Waals surface area contributed by atoms with Crippen LogP contribution < -0.4 is 75.3 Å². The molecule has 3 aliphatic rings. The summed E-state index contributed by atoms with van der Waals surface area (Å²) in [5.41, 5.74) is 13.3. The van der Waals surface area contributed by atoms with Crippen LogP contribution in [0.3, 0.4) is 0 Å². The van der Waals surface area contributed by atoms with Crippen molar-refractivity contribution in [1.82, 2.24) is 108 Å². The Labute approximate surface area is 867 Å². The van der Waals surface area contributed by atoms with Crippen LogP contribution >= 0.6 is 11.8 Å². The summed E-state index contributed by atoms with van der Waals surface area (Å²) >= 11 is 0.756. The van der Waals surface area contributed by atoms with E-state index in [4.69, 9.17) is 16.2 Å². The number of aliphatic hydroxyl groups is 1. The van der Waals surface area contributed by atoms with Crippen LogP contribution in [-0.2, 0) is 136 Å². The lowest BCUT2D eigenvalue weighted by Crippen LogP contribution is -2.62. The molecule has 3 fully saturated rings. The number of rotatable bonds is 28. The Kier molecular flexibility index (Phi) is 45.2. The number of para-hydroxylation sites is 2. The Morgan fingerprint density at radius 2 is 1.06 bits per heavy atom. The average Bonchev–Trinajstić information content (AvgIpc) is 1.68. The number of unbranched alkanes of at least 4 members (excludes halogenated alkanes) is 2. The van der Waals surface area contributed by atoms with Gasteiger partial charge in [0.1, 0.15) is 96.9 Å². The molecule has 19 N–H and O–H groups in total. The van der Waals surface area contributed by atoms with Crippen molar-refractivity contribution in [2.45, 2.75) is 248 Å². The van der Waals surface area contributed by atoms with Crippen LogP contribution in [0.15, 0.2) is 85.2 Å². The molecular formula is C100H143N23O25S. The molecule has 149 heavy (non-hydrogen) atoms. The highest BCUT2D eigenvalue weighted by Crippen LogP contribution is 2.29. The van der Waals surface area contributed by atoms with Crippen LogP contribution in [-0.4, -0.2) is 375 Å². The number of nitrogens with two attached hydrogens (primary N) is 2. The minimum atomic E-state index is -1.94. The molecule has 3 aliphatic heterocycles. The fourth-order valence-electron chi connectivity index (χ4n) is 17.8. The number of ether oxygens (including phenoxy) is 1. The van der Waals surface area contributed by atoms with E-state index in [1.54, 1.807) is 93.2 Å². The number of aromatic amines is 1. The van der Waals surface area contributed by atoms with Gasteiger partial charge in [-0.15, -0.1) is 11.8 Å². The fourth-order valence-corrected chi connectivity index (χ4v) is 18.6. The van der Waals surface area contributed by atoms with Crippen LogP contribution in [0.4, 0.5) is 0 Å². The van der Waals surface area contributed by atoms with Gasteiger partial charge in [0.15, 0.2) is 0 Å². The first-order valence-electron chi connectivity index (χ1n) is 49.7. The van der Waals surface area contributed by atoms with Gasteiger partial charge in [-0.25, -0.2) is 0 Å². The van der Waals surface area contributed by atoms with E-state index in [0.29, 0.717) is 57.8 Å². The van der Waals surface area contributed by atoms with Gasteiger partial charge in [-0.05, 0) is 105 Å². The summed E-state index contributed by atoms with van der Waals surface area (Å²) in [6.07, 6.45) is -0.599. The first-order chi connectivity index (χ1) is 70.5. The van der Waals surface area contributed by atoms with Crippen LogP contribution in [0.1, 0.15) is 149 Å². The molecule has 49 heteroatoms. The second-order valence-corrected chi connectivity index (χ2v) is 39.9. The Morgan fingerprint density at radius 3 is 1.69 bits per heavy atom. The molecule has 2 aromatic heterocycles. The molecule has 0 saturated carbocycles. The van der Waals surface area contributed by atoms with Gasteiger partial charge in [-0.2, -0.15) is 0 Å². The highest BCUT2D eigenvalue weighted by atomic mass is 32.2. The normalized spacial score (nSPS) is 23.4. The van der Waals surface area contributed by atoms with Crippen molar-refractivity contribution in [2.24, 2.45) is 23.3 Å². The molecule has 3 saturated heterocycles. The SMILES string of the molecule is CCCC[C@H]1C(=O)N(C)[C@@H](CCCC)C(=O)N[C@@H](CC(C)C)C(=O)N[C@H](C(=O)NCC(N)=O)CSCC(=O)N[C@@H](Cc2ccc(O)cc2)C(=O)N(C)[C@@H](C)C(=O)N[C@@H](CC(N)=O)C(=O)N2CCC[C@H]2C(=O)N[C@@H](CNC(=O)C(=O)N(C)C)C(=O)N[C@@H](CC(C)C)C(=O)N2C[C@H](O)C[C@H]2C(=O)N[C@@H](Cc2c[nH]c3ccccc23)C(=O)N[C@@H](CCNC(=O)C(=O)N(C)C)C(=O)N[C@@H](Cc2cn(CC(=O)OC)c3ccccc23)C(=O)N1C. The van der Waals surface area contributed by atoms with Crippen LogP contribution in [0.25, 0.3) is 21.8 Å². The van der Waals surface area contributed by atoms with Crippen LogP contribution in [0.5, 0.6) is 5.75 Å². The predicted molar refractivity (Wildman–Crippen MR) is 544 cm³/mol. The zero-order chi connectivity index (χ0) is 110. The molecule has 0 spiro atoms. The Hall–Kier alpha value is -14.8. The number of benzene rings is 3. The van der Waals surface area contributed by atoms with E-state index in [1.165, 1.54) is 87.6 Å². The minimum Gasteiger partial charge on any atom is -0.508 e.